The summed E-state index contributed by atoms with van der Waals surface area (Å²) in [6, 6.07) is 0. The van der Waals surface area contributed by atoms with E-state index in [1.54, 1.807) is 0 Å². The second-order valence-electron chi connectivity index (χ2n) is 29.6. The van der Waals surface area contributed by atoms with Crippen molar-refractivity contribution in [3.63, 3.8) is 0 Å². The van der Waals surface area contributed by atoms with Crippen LogP contribution in [0.15, 0.2) is 0 Å². The molecule has 0 aliphatic carbocycles. The Labute approximate surface area is 613 Å². The van der Waals surface area contributed by atoms with Gasteiger partial charge in [0.1, 0.15) is 19.3 Å². The van der Waals surface area contributed by atoms with Gasteiger partial charge in [0.05, 0.1) is 26.4 Å². The van der Waals surface area contributed by atoms with E-state index in [0.717, 1.165) is 96.3 Å². The Bertz CT molecular complexity index is 1910. The first kappa shape index (κ1) is 98.1. The van der Waals surface area contributed by atoms with Gasteiger partial charge in [-0.1, -0.05) is 381 Å². The van der Waals surface area contributed by atoms with Gasteiger partial charge in [-0.2, -0.15) is 0 Å². The summed E-state index contributed by atoms with van der Waals surface area (Å²) in [5.41, 5.74) is 0. The molecule has 0 saturated carbocycles. The largest absolute Gasteiger partial charge is 0.472 e. The van der Waals surface area contributed by atoms with E-state index in [0.29, 0.717) is 31.6 Å². The fraction of sp³-hybridized carbons (Fsp3) is 0.951. The SMILES string of the molecule is CCCCCCCCCCCCCCCCCCCCCC(=O)O[C@H](COC(=O)CCCCCCCCCCCCCCCCCCC)COP(=O)(O)OC[C@@H](O)COP(=O)(O)OC[C@@H](COC(=O)CCCCCCCCCC(C)C)OC(=O)CCCCCCCCCCCCCCCC. The van der Waals surface area contributed by atoms with Crippen LogP contribution in [0.2, 0.25) is 0 Å². The maximum Gasteiger partial charge on any atom is 0.472 e. The maximum atomic E-state index is 13.1. The quantitative estimate of drug-likeness (QED) is 0.0222. The molecular formula is C81H158O17P2. The molecule has 2 unspecified atom stereocenters. The molecule has 0 radical (unpaired) electrons. The average Bonchev–Trinajstić information content (AvgIpc) is 0.912. The molecular weight excluding hydrogens is 1310 g/mol. The Kier molecular flexibility index (Phi) is 72.5. The molecule has 19 heteroatoms. The van der Waals surface area contributed by atoms with Crippen LogP contribution in [0.5, 0.6) is 0 Å². The highest BCUT2D eigenvalue weighted by molar-refractivity contribution is 7.47. The Morgan fingerprint density at radius 2 is 0.460 bits per heavy atom. The second kappa shape index (κ2) is 73.9. The molecule has 0 heterocycles. The van der Waals surface area contributed by atoms with Crippen molar-refractivity contribution in [1.82, 2.24) is 0 Å². The van der Waals surface area contributed by atoms with Crippen LogP contribution in [0.4, 0.5) is 0 Å². The zero-order valence-electron chi connectivity index (χ0n) is 65.3. The van der Waals surface area contributed by atoms with E-state index >= 15 is 0 Å². The summed E-state index contributed by atoms with van der Waals surface area (Å²) in [6.07, 6.45) is 65.3. The number of unbranched alkanes of at least 4 members (excludes halogenated alkanes) is 53. The highest BCUT2D eigenvalue weighted by Gasteiger charge is 2.30. The molecule has 0 aliphatic heterocycles. The number of phosphoric ester groups is 2. The Morgan fingerprint density at radius 1 is 0.270 bits per heavy atom. The lowest BCUT2D eigenvalue weighted by Crippen LogP contribution is -2.30. The van der Waals surface area contributed by atoms with Crippen molar-refractivity contribution in [2.24, 2.45) is 5.92 Å². The van der Waals surface area contributed by atoms with E-state index in [-0.39, 0.29) is 25.7 Å². The monoisotopic (exact) mass is 1470 g/mol. The van der Waals surface area contributed by atoms with E-state index in [2.05, 4.69) is 34.6 Å². The Morgan fingerprint density at radius 3 is 0.680 bits per heavy atom. The van der Waals surface area contributed by atoms with Crippen LogP contribution in [0, 0.1) is 5.92 Å². The minimum atomic E-state index is -4.96. The van der Waals surface area contributed by atoms with Gasteiger partial charge < -0.3 is 33.8 Å². The molecule has 0 aromatic rings. The van der Waals surface area contributed by atoms with Crippen LogP contribution in [-0.4, -0.2) is 96.7 Å². The Balaban J connectivity index is 5.23. The standard InChI is InChI=1S/C81H158O17P2/c1-6-9-12-15-18-21-24-27-30-32-33-35-37-40-43-46-51-57-62-67-80(85)97-76(70-91-78(83)64-59-54-49-44-41-39-36-34-31-28-25-22-19-16-13-10-7-2)72-95-99(87,88)93-68-75(82)69-94-100(89,90)96-73-77(71-92-79(84)65-60-55-52-47-48-53-58-63-74(4)5)98-81(86)66-61-56-50-45-42-38-29-26-23-20-17-14-11-8-3/h74-77,82H,6-73H2,1-5H3,(H,87,88)(H,89,90)/t75-,76-,77-/m1/s1. The minimum absolute atomic E-state index is 0.108. The van der Waals surface area contributed by atoms with Crippen molar-refractivity contribution < 1.29 is 80.2 Å². The number of hydrogen-bond donors (Lipinski definition) is 3. The molecule has 0 fully saturated rings. The number of ether oxygens (including phenoxy) is 4. The van der Waals surface area contributed by atoms with Gasteiger partial charge in [0, 0.05) is 25.7 Å². The number of esters is 4. The topological polar surface area (TPSA) is 237 Å². The first-order chi connectivity index (χ1) is 48.5. The molecule has 0 aromatic carbocycles. The van der Waals surface area contributed by atoms with Gasteiger partial charge in [-0.3, -0.25) is 37.3 Å². The van der Waals surface area contributed by atoms with Gasteiger partial charge in [0.2, 0.25) is 0 Å². The lowest BCUT2D eigenvalue weighted by molar-refractivity contribution is -0.161. The molecule has 0 aromatic heterocycles. The van der Waals surface area contributed by atoms with E-state index in [9.17, 15) is 43.2 Å². The lowest BCUT2D eigenvalue weighted by atomic mass is 10.0. The third kappa shape index (κ3) is 74.3. The zero-order valence-corrected chi connectivity index (χ0v) is 67.1. The summed E-state index contributed by atoms with van der Waals surface area (Å²) in [6.45, 7) is 7.28. The van der Waals surface area contributed by atoms with Crippen LogP contribution in [0.25, 0.3) is 0 Å². The third-order valence-electron chi connectivity index (χ3n) is 19.0. The van der Waals surface area contributed by atoms with E-state index in [4.69, 9.17) is 37.0 Å². The number of phosphoric acid groups is 2. The molecule has 3 N–H and O–H groups in total. The maximum absolute atomic E-state index is 13.1. The molecule has 0 saturated heterocycles. The molecule has 594 valence electrons. The van der Waals surface area contributed by atoms with Gasteiger partial charge in [0.25, 0.3) is 0 Å². The van der Waals surface area contributed by atoms with Crippen molar-refractivity contribution >= 4 is 39.5 Å². The number of aliphatic hydroxyl groups excluding tert-OH is 1. The van der Waals surface area contributed by atoms with Crippen LogP contribution in [-0.2, 0) is 65.4 Å². The summed E-state index contributed by atoms with van der Waals surface area (Å²) in [7, 11) is -9.92. The van der Waals surface area contributed by atoms with Gasteiger partial charge in [-0.15, -0.1) is 0 Å². The van der Waals surface area contributed by atoms with Gasteiger partial charge in [-0.05, 0) is 31.6 Å². The first-order valence-electron chi connectivity index (χ1n) is 42.1. The van der Waals surface area contributed by atoms with Gasteiger partial charge in [-0.25, -0.2) is 9.13 Å². The summed E-state index contributed by atoms with van der Waals surface area (Å²) in [5, 5.41) is 10.6. The second-order valence-corrected chi connectivity index (χ2v) is 32.5. The molecule has 0 bridgehead atoms. The zero-order chi connectivity index (χ0) is 73.4. The number of carbonyl (C=O) groups excluding carboxylic acids is 4. The van der Waals surface area contributed by atoms with Crippen LogP contribution < -0.4 is 0 Å². The van der Waals surface area contributed by atoms with E-state index in [1.165, 1.54) is 250 Å². The molecule has 17 nitrogen and oxygen atoms in total. The van der Waals surface area contributed by atoms with E-state index in [1.807, 2.05) is 0 Å². The van der Waals surface area contributed by atoms with Crippen molar-refractivity contribution in [3.8, 4) is 0 Å². The molecule has 5 atom stereocenters. The Hall–Kier alpha value is -1.94. The minimum Gasteiger partial charge on any atom is -0.462 e. The average molecular weight is 1470 g/mol. The summed E-state index contributed by atoms with van der Waals surface area (Å²) in [5.74, 6) is -1.40. The van der Waals surface area contributed by atoms with Crippen molar-refractivity contribution in [1.29, 1.82) is 0 Å². The molecule has 0 spiro atoms. The smallest absolute Gasteiger partial charge is 0.462 e. The summed E-state index contributed by atoms with van der Waals surface area (Å²) in [4.78, 5) is 73.0. The first-order valence-corrected chi connectivity index (χ1v) is 45.1. The molecule has 0 aliphatic rings. The molecule has 0 rings (SSSR count). The number of carbonyl (C=O) groups is 4. The van der Waals surface area contributed by atoms with Crippen LogP contribution in [0.3, 0.4) is 0 Å². The predicted octanol–water partition coefficient (Wildman–Crippen LogP) is 24.4. The van der Waals surface area contributed by atoms with Crippen molar-refractivity contribution in [3.05, 3.63) is 0 Å². The van der Waals surface area contributed by atoms with Crippen LogP contribution >= 0.6 is 15.6 Å². The van der Waals surface area contributed by atoms with Crippen LogP contribution in [0.1, 0.15) is 433 Å². The third-order valence-corrected chi connectivity index (χ3v) is 20.9. The van der Waals surface area contributed by atoms with Crippen molar-refractivity contribution in [2.45, 2.75) is 451 Å². The number of rotatable bonds is 81. The highest BCUT2D eigenvalue weighted by atomic mass is 31.2. The lowest BCUT2D eigenvalue weighted by Gasteiger charge is -2.21. The predicted molar refractivity (Wildman–Crippen MR) is 409 cm³/mol. The summed E-state index contributed by atoms with van der Waals surface area (Å²) >= 11 is 0. The molecule has 100 heavy (non-hydrogen) atoms. The number of hydrogen-bond acceptors (Lipinski definition) is 15. The number of aliphatic hydroxyl groups is 1. The van der Waals surface area contributed by atoms with Gasteiger partial charge in [0.15, 0.2) is 12.2 Å². The highest BCUT2D eigenvalue weighted by Crippen LogP contribution is 2.45. The van der Waals surface area contributed by atoms with Gasteiger partial charge >= 0.3 is 39.5 Å². The molecule has 0 amide bonds. The normalized spacial score (nSPS) is 13.8. The fourth-order valence-corrected chi connectivity index (χ4v) is 14.2. The van der Waals surface area contributed by atoms with E-state index < -0.39 is 97.5 Å². The van der Waals surface area contributed by atoms with Crippen molar-refractivity contribution in [2.75, 3.05) is 39.6 Å². The summed E-state index contributed by atoms with van der Waals surface area (Å²) < 4.78 is 68.7. The fourth-order valence-electron chi connectivity index (χ4n) is 12.6.